The third-order valence-electron chi connectivity index (χ3n) is 6.99. The Morgan fingerprint density at radius 1 is 1.26 bits per heavy atom. The Kier molecular flexibility index (Phi) is 6.12. The molecule has 8 N–H and O–H groups in total. The number of amides is 1. The number of Topliss-reactive ketones (excluding diaryl/α,β-unsaturated/α-hetero) is 2. The minimum atomic E-state index is -2.58. The predicted molar refractivity (Wildman–Crippen MR) is 124 cm³/mol. The van der Waals surface area contributed by atoms with Crippen LogP contribution in [-0.4, -0.2) is 56.7 Å². The van der Waals surface area contributed by atoms with Gasteiger partial charge in [0.05, 0.1) is 11.7 Å². The SMILES string of the molecule is CNc1cc(CNOC(C)C)c(O)c2c1CC1CC3CC(=O)C(C(N)=O)=C(O)[C@@]3(O)C(=O)C1=C2O. The zero-order chi connectivity index (χ0) is 25.8. The Labute approximate surface area is 201 Å². The fraction of sp³-hybridized carbons (Fsp3) is 0.458. The van der Waals surface area contributed by atoms with E-state index in [-0.39, 0.29) is 48.8 Å². The van der Waals surface area contributed by atoms with Crippen molar-refractivity contribution in [3.63, 3.8) is 0 Å². The Balaban J connectivity index is 1.86. The van der Waals surface area contributed by atoms with Gasteiger partial charge in [0.15, 0.2) is 11.4 Å². The van der Waals surface area contributed by atoms with Gasteiger partial charge in [0.25, 0.3) is 5.91 Å². The summed E-state index contributed by atoms with van der Waals surface area (Å²) in [7, 11) is 1.68. The number of phenols is 1. The highest BCUT2D eigenvalue weighted by molar-refractivity contribution is 6.22. The van der Waals surface area contributed by atoms with E-state index < -0.39 is 52.0 Å². The second kappa shape index (κ2) is 8.67. The van der Waals surface area contributed by atoms with Gasteiger partial charge >= 0.3 is 0 Å². The molecule has 0 saturated heterocycles. The normalized spacial score (nSPS) is 26.0. The fourth-order valence-electron chi connectivity index (χ4n) is 5.39. The van der Waals surface area contributed by atoms with E-state index in [1.165, 1.54) is 0 Å². The van der Waals surface area contributed by atoms with Crippen LogP contribution in [0.2, 0.25) is 0 Å². The number of hydrogen-bond acceptors (Lipinski definition) is 10. The topological polar surface area (TPSA) is 191 Å². The lowest BCUT2D eigenvalue weighted by atomic mass is 9.59. The van der Waals surface area contributed by atoms with Gasteiger partial charge in [-0.2, -0.15) is 5.48 Å². The first-order valence-corrected chi connectivity index (χ1v) is 11.3. The molecule has 188 valence electrons. The number of carbonyl (C=O) groups is 3. The third kappa shape index (κ3) is 3.67. The highest BCUT2D eigenvalue weighted by Crippen LogP contribution is 2.53. The van der Waals surface area contributed by atoms with E-state index in [0.29, 0.717) is 16.8 Å². The maximum atomic E-state index is 13.6. The van der Waals surface area contributed by atoms with E-state index in [0.717, 1.165) is 0 Å². The largest absolute Gasteiger partial charge is 0.508 e. The molecule has 1 amide bonds. The number of ketones is 2. The predicted octanol–water partition coefficient (Wildman–Crippen LogP) is 0.895. The van der Waals surface area contributed by atoms with Crippen LogP contribution in [0.1, 0.15) is 43.4 Å². The van der Waals surface area contributed by atoms with Crippen LogP contribution < -0.4 is 16.5 Å². The van der Waals surface area contributed by atoms with Gasteiger partial charge in [-0.05, 0) is 44.2 Å². The van der Waals surface area contributed by atoms with Crippen molar-refractivity contribution in [2.24, 2.45) is 17.6 Å². The number of nitrogens with one attached hydrogen (secondary N) is 2. The minimum absolute atomic E-state index is 0.0327. The fourth-order valence-corrected chi connectivity index (χ4v) is 5.39. The maximum Gasteiger partial charge on any atom is 0.255 e. The standard InChI is InChI=1S/C24H29N3O8/c1-9(2)35-27-8-11-6-14(26-3)13-5-10-4-12-7-15(28)18(23(25)33)22(32)24(12,34)21(31)16(10)20(30)17(13)19(11)29/h6,9-10,12,26-27,29-30,32,34H,4-5,7-8H2,1-3H3,(H2,25,33)/t10?,12?,24-/m0/s1. The molecule has 3 aliphatic carbocycles. The van der Waals surface area contributed by atoms with Gasteiger partial charge in [-0.3, -0.25) is 19.2 Å². The van der Waals surface area contributed by atoms with Crippen LogP contribution in [0.15, 0.2) is 23.0 Å². The third-order valence-corrected chi connectivity index (χ3v) is 6.99. The summed E-state index contributed by atoms with van der Waals surface area (Å²) in [5.41, 5.74) is 5.99. The van der Waals surface area contributed by atoms with E-state index >= 15 is 0 Å². The van der Waals surface area contributed by atoms with Crippen LogP contribution >= 0.6 is 0 Å². The molecule has 2 unspecified atom stereocenters. The molecule has 4 rings (SSSR count). The van der Waals surface area contributed by atoms with Gasteiger partial charge < -0.3 is 31.5 Å². The number of benzene rings is 1. The van der Waals surface area contributed by atoms with Gasteiger partial charge in [0.1, 0.15) is 22.8 Å². The van der Waals surface area contributed by atoms with Crippen LogP contribution in [0.4, 0.5) is 5.69 Å². The molecule has 0 heterocycles. The molecule has 1 aromatic carbocycles. The maximum absolute atomic E-state index is 13.6. The van der Waals surface area contributed by atoms with E-state index in [1.807, 2.05) is 13.8 Å². The Morgan fingerprint density at radius 2 is 1.94 bits per heavy atom. The molecule has 1 saturated carbocycles. The summed E-state index contributed by atoms with van der Waals surface area (Å²) in [5, 5.41) is 47.2. The number of nitrogens with two attached hydrogens (primary N) is 1. The van der Waals surface area contributed by atoms with Gasteiger partial charge in [-0.1, -0.05) is 0 Å². The number of fused-ring (bicyclic) bond motifs is 3. The van der Waals surface area contributed by atoms with Crippen molar-refractivity contribution in [3.05, 3.63) is 39.7 Å². The lowest BCUT2D eigenvalue weighted by Gasteiger charge is -2.46. The molecule has 3 atom stereocenters. The van der Waals surface area contributed by atoms with Crippen LogP contribution in [0, 0.1) is 11.8 Å². The van der Waals surface area contributed by atoms with Gasteiger partial charge in [-0.15, -0.1) is 0 Å². The van der Waals surface area contributed by atoms with Gasteiger partial charge in [0.2, 0.25) is 5.78 Å². The number of rotatable bonds is 6. The molecular formula is C24H29N3O8. The first kappa shape index (κ1) is 24.7. The van der Waals surface area contributed by atoms with Crippen molar-refractivity contribution in [2.45, 2.75) is 51.4 Å². The average Bonchev–Trinajstić information content (AvgIpc) is 2.77. The van der Waals surface area contributed by atoms with Crippen molar-refractivity contribution in [2.75, 3.05) is 12.4 Å². The number of hydroxylamine groups is 1. The number of phenolic OH excluding ortho intramolecular Hbond substituents is 1. The molecule has 0 aromatic heterocycles. The highest BCUT2D eigenvalue weighted by Gasteiger charge is 2.60. The molecule has 0 radical (unpaired) electrons. The summed E-state index contributed by atoms with van der Waals surface area (Å²) in [6.07, 6.45) is -0.157. The van der Waals surface area contributed by atoms with Gasteiger partial charge in [-0.25, -0.2) is 0 Å². The average molecular weight is 488 g/mol. The second-order valence-electron chi connectivity index (χ2n) is 9.43. The number of hydrogen-bond donors (Lipinski definition) is 7. The molecule has 0 aliphatic heterocycles. The number of aliphatic hydroxyl groups is 3. The molecule has 1 aromatic rings. The molecule has 0 spiro atoms. The Morgan fingerprint density at radius 3 is 2.54 bits per heavy atom. The van der Waals surface area contributed by atoms with Crippen LogP contribution in [0.5, 0.6) is 5.75 Å². The summed E-state index contributed by atoms with van der Waals surface area (Å²) in [5.74, 6) is -6.50. The Hall–Kier alpha value is -3.41. The molecule has 1 fully saturated rings. The summed E-state index contributed by atoms with van der Waals surface area (Å²) in [4.78, 5) is 43.0. The molecule has 11 heteroatoms. The quantitative estimate of drug-likeness (QED) is 0.172. The molecule has 0 bridgehead atoms. The highest BCUT2D eigenvalue weighted by atomic mass is 16.7. The zero-order valence-electron chi connectivity index (χ0n) is 19.6. The van der Waals surface area contributed by atoms with E-state index in [1.54, 1.807) is 13.1 Å². The summed E-state index contributed by atoms with van der Waals surface area (Å²) in [6.45, 7) is 3.76. The van der Waals surface area contributed by atoms with Crippen molar-refractivity contribution in [1.82, 2.24) is 5.48 Å². The minimum Gasteiger partial charge on any atom is -0.508 e. The summed E-state index contributed by atoms with van der Waals surface area (Å²) in [6, 6.07) is 1.71. The number of aliphatic hydroxyl groups excluding tert-OH is 2. The number of anilines is 1. The number of carbonyl (C=O) groups excluding carboxylic acids is 3. The van der Waals surface area contributed by atoms with Gasteiger partial charge in [0, 0.05) is 42.8 Å². The summed E-state index contributed by atoms with van der Waals surface area (Å²) >= 11 is 0. The van der Waals surface area contributed by atoms with E-state index in [2.05, 4.69) is 10.8 Å². The smallest absolute Gasteiger partial charge is 0.255 e. The van der Waals surface area contributed by atoms with Crippen molar-refractivity contribution < 1.29 is 39.6 Å². The van der Waals surface area contributed by atoms with Crippen molar-refractivity contribution >= 4 is 28.9 Å². The Bertz CT molecular complexity index is 1200. The van der Waals surface area contributed by atoms with Crippen molar-refractivity contribution in [1.29, 1.82) is 0 Å². The molecule has 3 aliphatic rings. The molecular weight excluding hydrogens is 458 g/mol. The van der Waals surface area contributed by atoms with Crippen molar-refractivity contribution in [3.8, 4) is 5.75 Å². The lowest BCUT2D eigenvalue weighted by Crippen LogP contribution is -2.58. The molecule has 11 nitrogen and oxygen atoms in total. The number of aromatic hydroxyl groups is 1. The monoisotopic (exact) mass is 487 g/mol. The number of primary amides is 1. The zero-order valence-corrected chi connectivity index (χ0v) is 19.6. The lowest BCUT2D eigenvalue weighted by molar-refractivity contribution is -0.147. The van der Waals surface area contributed by atoms with E-state index in [9.17, 15) is 34.8 Å². The van der Waals surface area contributed by atoms with Crippen LogP contribution in [0.3, 0.4) is 0 Å². The van der Waals surface area contributed by atoms with E-state index in [4.69, 9.17) is 10.6 Å². The van der Waals surface area contributed by atoms with Crippen LogP contribution in [0.25, 0.3) is 5.76 Å². The second-order valence-corrected chi connectivity index (χ2v) is 9.43. The summed E-state index contributed by atoms with van der Waals surface area (Å²) < 4.78 is 0. The first-order chi connectivity index (χ1) is 16.4. The molecule has 35 heavy (non-hydrogen) atoms. The first-order valence-electron chi connectivity index (χ1n) is 11.3. The van der Waals surface area contributed by atoms with Crippen LogP contribution in [-0.2, 0) is 32.2 Å².